The molecule has 1 saturated heterocycles. The number of rotatable bonds is 6. The summed E-state index contributed by atoms with van der Waals surface area (Å²) in [6.07, 6.45) is 6.29. The smallest absolute Gasteiger partial charge is 0.227 e. The maximum absolute atomic E-state index is 13.3. The molecule has 1 atom stereocenters. The van der Waals surface area contributed by atoms with Gasteiger partial charge in [-0.05, 0) is 49.1 Å². The van der Waals surface area contributed by atoms with Gasteiger partial charge in [0, 0.05) is 31.1 Å². The normalized spacial score (nSPS) is 17.0. The van der Waals surface area contributed by atoms with Crippen molar-refractivity contribution in [1.29, 1.82) is 0 Å². The molecule has 1 aromatic carbocycles. The van der Waals surface area contributed by atoms with Crippen LogP contribution >= 0.6 is 0 Å². The molecule has 0 bridgehead atoms. The number of hydrogen-bond donors (Lipinski definition) is 0. The number of nitrogens with zero attached hydrogens (tertiary/aromatic N) is 2. The largest absolute Gasteiger partial charge is 0.376 e. The van der Waals surface area contributed by atoms with Crippen LogP contribution in [-0.2, 0) is 16.0 Å². The Bertz CT molecular complexity index is 672. The van der Waals surface area contributed by atoms with Crippen LogP contribution < -0.4 is 4.90 Å². The second kappa shape index (κ2) is 8.02. The average Bonchev–Trinajstić information content (AvgIpc) is 3.12. The molecule has 1 aliphatic heterocycles. The minimum Gasteiger partial charge on any atom is -0.376 e. The molecule has 0 saturated carbocycles. The minimum absolute atomic E-state index is 0.0148. The maximum atomic E-state index is 13.3. The number of carbonyl (C=O) groups is 1. The zero-order chi connectivity index (χ0) is 16.8. The lowest BCUT2D eigenvalue weighted by atomic mass is 10.1. The number of pyridine rings is 1. The van der Waals surface area contributed by atoms with Gasteiger partial charge in [0.2, 0.25) is 5.91 Å². The second-order valence-electron chi connectivity index (χ2n) is 5.97. The van der Waals surface area contributed by atoms with E-state index >= 15 is 0 Å². The van der Waals surface area contributed by atoms with Crippen LogP contribution in [0.5, 0.6) is 0 Å². The molecule has 0 spiro atoms. The zero-order valence-electron chi connectivity index (χ0n) is 13.5. The SMILES string of the molecule is O=C(CCc1cccc(F)c1)N(C[C@H]1CCCO1)c1ccncc1. The molecule has 0 unspecified atom stereocenters. The quantitative estimate of drug-likeness (QED) is 0.816. The van der Waals surface area contributed by atoms with Gasteiger partial charge in [0.05, 0.1) is 12.6 Å². The number of hydrogen-bond acceptors (Lipinski definition) is 3. The average molecular weight is 328 g/mol. The van der Waals surface area contributed by atoms with Gasteiger partial charge in [-0.25, -0.2) is 4.39 Å². The van der Waals surface area contributed by atoms with Crippen molar-refractivity contribution in [2.24, 2.45) is 0 Å². The van der Waals surface area contributed by atoms with Crippen LogP contribution in [0.3, 0.4) is 0 Å². The molecule has 1 amide bonds. The molecular weight excluding hydrogens is 307 g/mol. The highest BCUT2D eigenvalue weighted by molar-refractivity contribution is 5.93. The van der Waals surface area contributed by atoms with E-state index in [-0.39, 0.29) is 17.8 Å². The monoisotopic (exact) mass is 328 g/mol. The standard InChI is InChI=1S/C19H21FN2O2/c20-16-4-1-3-15(13-16)6-7-19(23)22(14-18-5-2-12-24-18)17-8-10-21-11-9-17/h1,3-4,8-11,13,18H,2,5-7,12,14H2/t18-/m1/s1. The molecule has 5 heteroatoms. The van der Waals surface area contributed by atoms with E-state index in [0.29, 0.717) is 19.4 Å². The molecule has 1 aliphatic rings. The van der Waals surface area contributed by atoms with E-state index in [1.54, 1.807) is 23.4 Å². The Hall–Kier alpha value is -2.27. The van der Waals surface area contributed by atoms with E-state index in [4.69, 9.17) is 4.74 Å². The van der Waals surface area contributed by atoms with Crippen molar-refractivity contribution < 1.29 is 13.9 Å². The summed E-state index contributed by atoms with van der Waals surface area (Å²) in [5.41, 5.74) is 1.65. The second-order valence-corrected chi connectivity index (χ2v) is 5.97. The highest BCUT2D eigenvalue weighted by Crippen LogP contribution is 2.20. The van der Waals surface area contributed by atoms with Gasteiger partial charge in [0.1, 0.15) is 5.82 Å². The topological polar surface area (TPSA) is 42.4 Å². The first-order valence-electron chi connectivity index (χ1n) is 8.29. The van der Waals surface area contributed by atoms with Crippen LogP contribution in [0.4, 0.5) is 10.1 Å². The first-order valence-corrected chi connectivity index (χ1v) is 8.29. The van der Waals surface area contributed by atoms with E-state index in [1.165, 1.54) is 12.1 Å². The number of ether oxygens (including phenoxy) is 1. The molecule has 0 aliphatic carbocycles. The Kier molecular flexibility index (Phi) is 5.54. The number of halogens is 1. The Morgan fingerprint density at radius 3 is 2.83 bits per heavy atom. The number of anilines is 1. The van der Waals surface area contributed by atoms with E-state index in [2.05, 4.69) is 4.98 Å². The summed E-state index contributed by atoms with van der Waals surface area (Å²) < 4.78 is 18.9. The summed E-state index contributed by atoms with van der Waals surface area (Å²) in [7, 11) is 0. The summed E-state index contributed by atoms with van der Waals surface area (Å²) in [6.45, 7) is 1.30. The van der Waals surface area contributed by atoms with Crippen molar-refractivity contribution in [1.82, 2.24) is 4.98 Å². The lowest BCUT2D eigenvalue weighted by molar-refractivity contribution is -0.119. The summed E-state index contributed by atoms with van der Waals surface area (Å²) in [4.78, 5) is 18.5. The van der Waals surface area contributed by atoms with Gasteiger partial charge in [-0.15, -0.1) is 0 Å². The van der Waals surface area contributed by atoms with Crippen LogP contribution in [0.2, 0.25) is 0 Å². The molecule has 4 nitrogen and oxygen atoms in total. The third-order valence-corrected chi connectivity index (χ3v) is 4.20. The molecule has 0 N–H and O–H groups in total. The first kappa shape index (κ1) is 16.6. The van der Waals surface area contributed by atoms with Gasteiger partial charge >= 0.3 is 0 Å². The van der Waals surface area contributed by atoms with Crippen LogP contribution in [0.15, 0.2) is 48.8 Å². The van der Waals surface area contributed by atoms with Crippen molar-refractivity contribution in [2.75, 3.05) is 18.1 Å². The summed E-state index contributed by atoms with van der Waals surface area (Å²) in [5.74, 6) is -0.258. The van der Waals surface area contributed by atoms with E-state index < -0.39 is 0 Å². The van der Waals surface area contributed by atoms with E-state index in [1.807, 2.05) is 18.2 Å². The fourth-order valence-corrected chi connectivity index (χ4v) is 2.95. The lowest BCUT2D eigenvalue weighted by Gasteiger charge is -2.25. The third-order valence-electron chi connectivity index (χ3n) is 4.20. The molecular formula is C19H21FN2O2. The molecule has 24 heavy (non-hydrogen) atoms. The van der Waals surface area contributed by atoms with Gasteiger partial charge in [-0.2, -0.15) is 0 Å². The Morgan fingerprint density at radius 2 is 2.12 bits per heavy atom. The van der Waals surface area contributed by atoms with Gasteiger partial charge in [-0.1, -0.05) is 12.1 Å². The molecule has 3 rings (SSSR count). The lowest BCUT2D eigenvalue weighted by Crippen LogP contribution is -2.37. The predicted octanol–water partition coefficient (Wildman–Crippen LogP) is 3.37. The van der Waals surface area contributed by atoms with Crippen molar-refractivity contribution in [3.63, 3.8) is 0 Å². The third kappa shape index (κ3) is 4.38. The minimum atomic E-state index is -0.273. The van der Waals surface area contributed by atoms with E-state index in [0.717, 1.165) is 30.7 Å². The molecule has 126 valence electrons. The summed E-state index contributed by atoms with van der Waals surface area (Å²) in [5, 5.41) is 0. The molecule has 2 heterocycles. The Labute approximate surface area is 141 Å². The van der Waals surface area contributed by atoms with Crippen LogP contribution in [-0.4, -0.2) is 30.1 Å². The number of aromatic nitrogens is 1. The molecule has 2 aromatic rings. The molecule has 0 radical (unpaired) electrons. The van der Waals surface area contributed by atoms with Crippen LogP contribution in [0.1, 0.15) is 24.8 Å². The first-order chi connectivity index (χ1) is 11.7. The van der Waals surface area contributed by atoms with Crippen molar-refractivity contribution >= 4 is 11.6 Å². The number of benzene rings is 1. The van der Waals surface area contributed by atoms with E-state index in [9.17, 15) is 9.18 Å². The van der Waals surface area contributed by atoms with Crippen LogP contribution in [0, 0.1) is 5.82 Å². The van der Waals surface area contributed by atoms with Crippen molar-refractivity contribution in [2.45, 2.75) is 31.8 Å². The van der Waals surface area contributed by atoms with Gasteiger partial charge in [0.15, 0.2) is 0 Å². The van der Waals surface area contributed by atoms with Gasteiger partial charge in [0.25, 0.3) is 0 Å². The molecule has 1 aromatic heterocycles. The number of amides is 1. The highest BCUT2D eigenvalue weighted by Gasteiger charge is 2.23. The van der Waals surface area contributed by atoms with Gasteiger partial charge in [-0.3, -0.25) is 9.78 Å². The van der Waals surface area contributed by atoms with Crippen molar-refractivity contribution in [3.05, 3.63) is 60.2 Å². The molecule has 1 fully saturated rings. The predicted molar refractivity (Wildman–Crippen MR) is 90.3 cm³/mol. The van der Waals surface area contributed by atoms with Crippen LogP contribution in [0.25, 0.3) is 0 Å². The van der Waals surface area contributed by atoms with Gasteiger partial charge < -0.3 is 9.64 Å². The summed E-state index contributed by atoms with van der Waals surface area (Å²) in [6, 6.07) is 10.1. The fraction of sp³-hybridized carbons (Fsp3) is 0.368. The number of aryl methyl sites for hydroxylation is 1. The Balaban J connectivity index is 1.68. The Morgan fingerprint density at radius 1 is 1.29 bits per heavy atom. The zero-order valence-corrected chi connectivity index (χ0v) is 13.5. The van der Waals surface area contributed by atoms with Crippen molar-refractivity contribution in [3.8, 4) is 0 Å². The highest BCUT2D eigenvalue weighted by atomic mass is 19.1. The number of carbonyl (C=O) groups excluding carboxylic acids is 1. The maximum Gasteiger partial charge on any atom is 0.227 e. The fourth-order valence-electron chi connectivity index (χ4n) is 2.95. The summed E-state index contributed by atoms with van der Waals surface area (Å²) >= 11 is 0.